The Labute approximate surface area is 120 Å². The lowest BCUT2D eigenvalue weighted by atomic mass is 9.79. The van der Waals surface area contributed by atoms with Gasteiger partial charge in [-0.05, 0) is 49.7 Å². The van der Waals surface area contributed by atoms with E-state index in [9.17, 15) is 4.79 Å². The molecule has 2 heterocycles. The molecule has 0 spiro atoms. The number of nitrogens with one attached hydrogen (secondary N) is 2. The predicted molar refractivity (Wildman–Crippen MR) is 80.9 cm³/mol. The fraction of sp³-hybridized carbons (Fsp3) is 0.471. The maximum absolute atomic E-state index is 12.1. The summed E-state index contributed by atoms with van der Waals surface area (Å²) in [7, 11) is 0. The second kappa shape index (κ2) is 5.80. The lowest BCUT2D eigenvalue weighted by molar-refractivity contribution is -0.118. The fourth-order valence-electron chi connectivity index (χ4n) is 3.34. The van der Waals surface area contributed by atoms with Crippen molar-refractivity contribution >= 4 is 11.5 Å². The molecule has 4 rings (SSSR count). The van der Waals surface area contributed by atoms with Crippen LogP contribution in [0, 0.1) is 5.92 Å². The molecular formula is C17H22N2O. The molecule has 2 bridgehead atoms. The first-order valence-corrected chi connectivity index (χ1v) is 7.52. The molecule has 1 amide bonds. The summed E-state index contributed by atoms with van der Waals surface area (Å²) in [6.45, 7) is 1.98. The van der Waals surface area contributed by atoms with Crippen molar-refractivity contribution in [3.8, 4) is 0 Å². The van der Waals surface area contributed by atoms with Crippen molar-refractivity contribution in [2.24, 2.45) is 5.92 Å². The lowest BCUT2D eigenvalue weighted by Crippen LogP contribution is -2.59. The van der Waals surface area contributed by atoms with Crippen LogP contribution in [0.3, 0.4) is 0 Å². The summed E-state index contributed by atoms with van der Waals surface area (Å²) in [4.78, 5) is 12.1. The van der Waals surface area contributed by atoms with Crippen LogP contribution in [0.1, 0.15) is 38.2 Å². The number of hydrogen-bond acceptors (Lipinski definition) is 2. The number of carbonyl (C=O) groups is 1. The molecule has 1 unspecified atom stereocenters. The minimum absolute atomic E-state index is 0.0106. The molecule has 1 aliphatic carbocycles. The van der Waals surface area contributed by atoms with Crippen molar-refractivity contribution in [3.05, 3.63) is 42.0 Å². The van der Waals surface area contributed by atoms with Crippen molar-refractivity contribution in [3.63, 3.8) is 0 Å². The highest BCUT2D eigenvalue weighted by Crippen LogP contribution is 2.31. The Hall–Kier alpha value is -1.61. The van der Waals surface area contributed by atoms with Crippen LogP contribution in [0.4, 0.5) is 0 Å². The normalized spacial score (nSPS) is 29.2. The van der Waals surface area contributed by atoms with Gasteiger partial charge < -0.3 is 5.32 Å². The molecule has 20 heavy (non-hydrogen) atoms. The molecule has 3 nitrogen and oxygen atoms in total. The van der Waals surface area contributed by atoms with E-state index < -0.39 is 0 Å². The summed E-state index contributed by atoms with van der Waals surface area (Å²) in [5, 5.41) is 6.66. The van der Waals surface area contributed by atoms with Crippen molar-refractivity contribution in [2.45, 2.75) is 44.8 Å². The molecule has 0 radical (unpaired) electrons. The van der Waals surface area contributed by atoms with Crippen LogP contribution in [0.25, 0.3) is 5.57 Å². The highest BCUT2D eigenvalue weighted by Gasteiger charge is 2.35. The third-order valence-corrected chi connectivity index (χ3v) is 4.53. The van der Waals surface area contributed by atoms with Gasteiger partial charge in [0.2, 0.25) is 5.91 Å². The molecule has 3 aliphatic rings. The van der Waals surface area contributed by atoms with Gasteiger partial charge >= 0.3 is 0 Å². The maximum Gasteiger partial charge on any atom is 0.245 e. The average molecular weight is 270 g/mol. The van der Waals surface area contributed by atoms with E-state index in [-0.39, 0.29) is 12.1 Å². The van der Waals surface area contributed by atoms with Crippen LogP contribution in [0.5, 0.6) is 0 Å². The predicted octanol–water partition coefficient (Wildman–Crippen LogP) is 2.69. The molecule has 3 fully saturated rings. The minimum Gasteiger partial charge on any atom is -0.337 e. The average Bonchev–Trinajstić information content (AvgIpc) is 2.49. The number of hydrogen-bond donors (Lipinski definition) is 2. The van der Waals surface area contributed by atoms with Gasteiger partial charge in [0.05, 0.1) is 6.17 Å². The molecule has 3 heteroatoms. The molecule has 2 saturated heterocycles. The molecule has 2 N–H and O–H groups in total. The van der Waals surface area contributed by atoms with Crippen molar-refractivity contribution in [1.29, 1.82) is 0 Å². The topological polar surface area (TPSA) is 41.1 Å². The standard InChI is InChI=1S/C17H22N2O/c1-12(13-5-3-2-4-6-13)11-16(20)19-17-14-7-9-15(18-17)10-8-14/h2-6,11,14-15,17-18H,7-10H2,1H3,(H,19,20). The second-order valence-corrected chi connectivity index (χ2v) is 5.96. The summed E-state index contributed by atoms with van der Waals surface area (Å²) in [5.41, 5.74) is 2.10. The van der Waals surface area contributed by atoms with E-state index in [0.717, 1.165) is 11.1 Å². The highest BCUT2D eigenvalue weighted by atomic mass is 16.1. The minimum atomic E-state index is 0.0106. The first-order chi connectivity index (χ1) is 9.72. The second-order valence-electron chi connectivity index (χ2n) is 5.96. The molecule has 0 aromatic heterocycles. The molecule has 2 aliphatic heterocycles. The van der Waals surface area contributed by atoms with Gasteiger partial charge in [0, 0.05) is 12.1 Å². The third kappa shape index (κ3) is 2.93. The number of benzene rings is 1. The molecule has 1 saturated carbocycles. The van der Waals surface area contributed by atoms with Gasteiger partial charge in [-0.2, -0.15) is 0 Å². The first kappa shape index (κ1) is 13.4. The number of piperidine rings is 2. The van der Waals surface area contributed by atoms with Gasteiger partial charge in [-0.1, -0.05) is 30.3 Å². The van der Waals surface area contributed by atoms with Gasteiger partial charge in [0.25, 0.3) is 0 Å². The number of rotatable bonds is 3. The van der Waals surface area contributed by atoms with Crippen LogP contribution < -0.4 is 10.6 Å². The highest BCUT2D eigenvalue weighted by molar-refractivity contribution is 5.95. The molecule has 1 aromatic rings. The quantitative estimate of drug-likeness (QED) is 0.829. The van der Waals surface area contributed by atoms with Crippen molar-refractivity contribution < 1.29 is 4.79 Å². The van der Waals surface area contributed by atoms with Crippen molar-refractivity contribution in [2.75, 3.05) is 0 Å². The third-order valence-electron chi connectivity index (χ3n) is 4.53. The first-order valence-electron chi connectivity index (χ1n) is 7.52. The van der Waals surface area contributed by atoms with Gasteiger partial charge in [0.15, 0.2) is 0 Å². The summed E-state index contributed by atoms with van der Waals surface area (Å²) in [6.07, 6.45) is 6.87. The summed E-state index contributed by atoms with van der Waals surface area (Å²) in [6, 6.07) is 10.6. The zero-order valence-electron chi connectivity index (χ0n) is 11.9. The zero-order valence-corrected chi connectivity index (χ0v) is 11.9. The molecule has 1 aromatic carbocycles. The Balaban J connectivity index is 1.62. The van der Waals surface area contributed by atoms with E-state index in [1.807, 2.05) is 37.3 Å². The maximum atomic E-state index is 12.1. The number of allylic oxidation sites excluding steroid dienone is 1. The number of carbonyl (C=O) groups excluding carboxylic acids is 1. The number of fused-ring (bicyclic) bond motifs is 3. The van der Waals surface area contributed by atoms with E-state index in [4.69, 9.17) is 0 Å². The van der Waals surface area contributed by atoms with Crippen LogP contribution in [-0.2, 0) is 4.79 Å². The Morgan fingerprint density at radius 2 is 1.90 bits per heavy atom. The van der Waals surface area contributed by atoms with E-state index in [2.05, 4.69) is 10.6 Å². The van der Waals surface area contributed by atoms with E-state index in [1.165, 1.54) is 25.7 Å². The van der Waals surface area contributed by atoms with Gasteiger partial charge in [-0.15, -0.1) is 0 Å². The SMILES string of the molecule is CC(=CC(=O)NC1NC2CCC1CC2)c1ccccc1. The van der Waals surface area contributed by atoms with Crippen LogP contribution in [-0.4, -0.2) is 18.1 Å². The van der Waals surface area contributed by atoms with Crippen LogP contribution in [0.2, 0.25) is 0 Å². The Morgan fingerprint density at radius 3 is 2.50 bits per heavy atom. The Kier molecular flexibility index (Phi) is 3.88. The molecular weight excluding hydrogens is 248 g/mol. The Bertz CT molecular complexity index is 501. The van der Waals surface area contributed by atoms with Gasteiger partial charge in [-0.3, -0.25) is 10.1 Å². The zero-order chi connectivity index (χ0) is 13.9. The largest absolute Gasteiger partial charge is 0.337 e. The smallest absolute Gasteiger partial charge is 0.245 e. The Morgan fingerprint density at radius 1 is 1.20 bits per heavy atom. The number of amides is 1. The summed E-state index contributed by atoms with van der Waals surface area (Å²) in [5.74, 6) is 0.616. The van der Waals surface area contributed by atoms with E-state index in [1.54, 1.807) is 6.08 Å². The van der Waals surface area contributed by atoms with Gasteiger partial charge in [0.1, 0.15) is 0 Å². The van der Waals surface area contributed by atoms with Crippen LogP contribution in [0.15, 0.2) is 36.4 Å². The lowest BCUT2D eigenvalue weighted by Gasteiger charge is -2.43. The fourth-order valence-corrected chi connectivity index (χ4v) is 3.34. The molecule has 1 atom stereocenters. The van der Waals surface area contributed by atoms with E-state index >= 15 is 0 Å². The van der Waals surface area contributed by atoms with E-state index in [0.29, 0.717) is 12.0 Å². The summed E-state index contributed by atoms with van der Waals surface area (Å²) >= 11 is 0. The summed E-state index contributed by atoms with van der Waals surface area (Å²) < 4.78 is 0. The monoisotopic (exact) mass is 270 g/mol. The van der Waals surface area contributed by atoms with Crippen LogP contribution >= 0.6 is 0 Å². The molecule has 106 valence electrons. The van der Waals surface area contributed by atoms with Crippen molar-refractivity contribution in [1.82, 2.24) is 10.6 Å². The van der Waals surface area contributed by atoms with Gasteiger partial charge in [-0.25, -0.2) is 0 Å².